The molecule has 3 fully saturated rings. The highest BCUT2D eigenvalue weighted by atomic mass is 16.7. The first-order valence-electron chi connectivity index (χ1n) is 10.2. The molecule has 0 aromatic heterocycles. The topological polar surface area (TPSA) is 262 Å². The van der Waals surface area contributed by atoms with Gasteiger partial charge in [-0.2, -0.15) is 0 Å². The Balaban J connectivity index is 1.78. The van der Waals surface area contributed by atoms with Gasteiger partial charge in [0, 0.05) is 18.6 Å². The second-order valence-electron chi connectivity index (χ2n) is 8.30. The maximum Gasteiger partial charge on any atom is 0.187 e. The van der Waals surface area contributed by atoms with Gasteiger partial charge in [-0.05, 0) is 6.42 Å². The van der Waals surface area contributed by atoms with Crippen LogP contribution in [-0.2, 0) is 18.9 Å². The average molecular weight is 454 g/mol. The standard InChI is InChI=1S/C17H34N4O10/c18-2-6-10(24)13(27)17(28-6)31-15-9(23)4(19)1-5(20)14(15)30-16-8(21)12(26)11(25)7(3-22)29-16/h4-17,22-27H,1-3,18-21H2/t4-,5?,6-,7?,8?,9-,10?,11-,12?,13?,14-,15?,16-,17+/m1/s1. The van der Waals surface area contributed by atoms with Gasteiger partial charge in [-0.3, -0.25) is 0 Å². The zero-order valence-electron chi connectivity index (χ0n) is 16.8. The fourth-order valence-electron chi connectivity index (χ4n) is 4.16. The second-order valence-corrected chi connectivity index (χ2v) is 8.30. The van der Waals surface area contributed by atoms with Crippen LogP contribution < -0.4 is 22.9 Å². The van der Waals surface area contributed by atoms with Crippen molar-refractivity contribution in [2.24, 2.45) is 22.9 Å². The molecule has 14 N–H and O–H groups in total. The van der Waals surface area contributed by atoms with Crippen LogP contribution in [0.15, 0.2) is 0 Å². The number of hydrogen-bond acceptors (Lipinski definition) is 14. The molecule has 2 saturated heterocycles. The lowest BCUT2D eigenvalue weighted by Crippen LogP contribution is -2.68. The van der Waals surface area contributed by atoms with Crippen LogP contribution in [0.3, 0.4) is 0 Å². The summed E-state index contributed by atoms with van der Waals surface area (Å²) in [5.74, 6) is 0. The van der Waals surface area contributed by atoms with E-state index in [0.29, 0.717) is 0 Å². The summed E-state index contributed by atoms with van der Waals surface area (Å²) in [5, 5.41) is 60.3. The Labute approximate surface area is 178 Å². The summed E-state index contributed by atoms with van der Waals surface area (Å²) in [6.45, 7) is -0.673. The Hall–Kier alpha value is -0.560. The molecular weight excluding hydrogens is 420 g/mol. The van der Waals surface area contributed by atoms with Gasteiger partial charge in [-0.1, -0.05) is 0 Å². The molecule has 0 amide bonds. The highest BCUT2D eigenvalue weighted by Gasteiger charge is 2.52. The number of aliphatic hydroxyl groups excluding tert-OH is 6. The average Bonchev–Trinajstić information content (AvgIpc) is 3.02. The van der Waals surface area contributed by atoms with Crippen LogP contribution in [0.5, 0.6) is 0 Å². The molecule has 2 heterocycles. The highest BCUT2D eigenvalue weighted by molar-refractivity contribution is 5.01. The monoisotopic (exact) mass is 454 g/mol. The Kier molecular flexibility index (Phi) is 8.21. The van der Waals surface area contributed by atoms with Crippen molar-refractivity contribution in [1.29, 1.82) is 0 Å². The van der Waals surface area contributed by atoms with Crippen LogP contribution in [0, 0.1) is 0 Å². The quantitative estimate of drug-likeness (QED) is 0.179. The minimum Gasteiger partial charge on any atom is -0.394 e. The van der Waals surface area contributed by atoms with E-state index in [-0.39, 0.29) is 13.0 Å². The molecule has 0 bridgehead atoms. The Bertz CT molecular complexity index is 591. The van der Waals surface area contributed by atoms with Crippen molar-refractivity contribution in [3.05, 3.63) is 0 Å². The molecular formula is C17H34N4O10. The van der Waals surface area contributed by atoms with Gasteiger partial charge in [-0.15, -0.1) is 0 Å². The molecule has 1 aliphatic carbocycles. The van der Waals surface area contributed by atoms with Crippen LogP contribution in [0.2, 0.25) is 0 Å². The molecule has 182 valence electrons. The maximum absolute atomic E-state index is 10.6. The number of hydrogen-bond donors (Lipinski definition) is 10. The van der Waals surface area contributed by atoms with E-state index in [0.717, 1.165) is 0 Å². The first-order valence-corrected chi connectivity index (χ1v) is 10.2. The fourth-order valence-corrected chi connectivity index (χ4v) is 4.16. The van der Waals surface area contributed by atoms with E-state index >= 15 is 0 Å². The van der Waals surface area contributed by atoms with E-state index in [1.807, 2.05) is 0 Å². The molecule has 1 saturated carbocycles. The van der Waals surface area contributed by atoms with Gasteiger partial charge >= 0.3 is 0 Å². The van der Waals surface area contributed by atoms with Gasteiger partial charge in [0.1, 0.15) is 48.8 Å². The van der Waals surface area contributed by atoms with Crippen molar-refractivity contribution in [2.75, 3.05) is 13.2 Å². The van der Waals surface area contributed by atoms with Crippen LogP contribution in [0.4, 0.5) is 0 Å². The van der Waals surface area contributed by atoms with Crippen molar-refractivity contribution in [3.63, 3.8) is 0 Å². The van der Waals surface area contributed by atoms with Crippen molar-refractivity contribution in [2.45, 2.75) is 92.1 Å². The first-order chi connectivity index (χ1) is 14.6. The smallest absolute Gasteiger partial charge is 0.187 e. The van der Waals surface area contributed by atoms with E-state index in [2.05, 4.69) is 0 Å². The third kappa shape index (κ3) is 4.87. The second kappa shape index (κ2) is 10.1. The lowest BCUT2D eigenvalue weighted by molar-refractivity contribution is -0.310. The Morgan fingerprint density at radius 1 is 0.710 bits per heavy atom. The molecule has 7 unspecified atom stereocenters. The van der Waals surface area contributed by atoms with E-state index < -0.39 is 92.2 Å². The zero-order valence-corrected chi connectivity index (χ0v) is 16.8. The first kappa shape index (κ1) is 25.1. The number of ether oxygens (including phenoxy) is 4. The van der Waals surface area contributed by atoms with Gasteiger partial charge in [-0.25, -0.2) is 0 Å². The molecule has 3 rings (SSSR count). The third-order valence-corrected chi connectivity index (χ3v) is 6.13. The van der Waals surface area contributed by atoms with Crippen molar-refractivity contribution >= 4 is 0 Å². The van der Waals surface area contributed by atoms with Gasteiger partial charge in [0.15, 0.2) is 12.6 Å². The summed E-state index contributed by atoms with van der Waals surface area (Å²) in [6.07, 6.45) is -13.8. The molecule has 14 heteroatoms. The van der Waals surface area contributed by atoms with Gasteiger partial charge < -0.3 is 72.5 Å². The van der Waals surface area contributed by atoms with Crippen LogP contribution in [0.1, 0.15) is 6.42 Å². The molecule has 0 radical (unpaired) electrons. The van der Waals surface area contributed by atoms with Crippen LogP contribution >= 0.6 is 0 Å². The predicted octanol–water partition coefficient (Wildman–Crippen LogP) is -6.65. The van der Waals surface area contributed by atoms with Crippen LogP contribution in [0.25, 0.3) is 0 Å². The number of aliphatic hydroxyl groups is 6. The van der Waals surface area contributed by atoms with Gasteiger partial charge in [0.05, 0.1) is 18.8 Å². The normalized spacial score (nSPS) is 53.6. The zero-order chi connectivity index (χ0) is 23.0. The summed E-state index contributed by atoms with van der Waals surface area (Å²) in [7, 11) is 0. The molecule has 14 nitrogen and oxygen atoms in total. The molecule has 0 aromatic rings. The Morgan fingerprint density at radius 2 is 1.29 bits per heavy atom. The summed E-state index contributed by atoms with van der Waals surface area (Å²) < 4.78 is 22.5. The lowest BCUT2D eigenvalue weighted by Gasteiger charge is -2.47. The molecule has 3 aliphatic rings. The molecule has 31 heavy (non-hydrogen) atoms. The van der Waals surface area contributed by atoms with E-state index in [4.69, 9.17) is 41.9 Å². The van der Waals surface area contributed by atoms with E-state index in [1.165, 1.54) is 0 Å². The van der Waals surface area contributed by atoms with Crippen molar-refractivity contribution in [1.82, 2.24) is 0 Å². The predicted molar refractivity (Wildman–Crippen MR) is 102 cm³/mol. The summed E-state index contributed by atoms with van der Waals surface area (Å²) in [4.78, 5) is 0. The van der Waals surface area contributed by atoms with Crippen molar-refractivity contribution in [3.8, 4) is 0 Å². The highest BCUT2D eigenvalue weighted by Crippen LogP contribution is 2.31. The maximum atomic E-state index is 10.6. The SMILES string of the molecule is NC[C@H]1O[C@@H](OC2[C@H](O[C@H]3OC(CO)[C@@H](O)C(O)C3N)C(N)C[C@@H](N)[C@H]2O)C(O)C1O. The third-order valence-electron chi connectivity index (χ3n) is 6.13. The summed E-state index contributed by atoms with van der Waals surface area (Å²) >= 11 is 0. The number of nitrogens with two attached hydrogens (primary N) is 4. The number of rotatable bonds is 6. The summed E-state index contributed by atoms with van der Waals surface area (Å²) in [6, 6.07) is -2.76. The summed E-state index contributed by atoms with van der Waals surface area (Å²) in [5.41, 5.74) is 23.6. The van der Waals surface area contributed by atoms with Crippen LogP contribution in [-0.4, -0.2) is 129 Å². The largest absolute Gasteiger partial charge is 0.394 e. The fraction of sp³-hybridized carbons (Fsp3) is 1.00. The van der Waals surface area contributed by atoms with E-state index in [9.17, 15) is 30.6 Å². The molecule has 2 aliphatic heterocycles. The molecule has 0 aromatic carbocycles. The Morgan fingerprint density at radius 3 is 1.87 bits per heavy atom. The lowest BCUT2D eigenvalue weighted by atomic mass is 9.84. The minimum absolute atomic E-state index is 0.0716. The van der Waals surface area contributed by atoms with Gasteiger partial charge in [0.25, 0.3) is 0 Å². The van der Waals surface area contributed by atoms with Crippen molar-refractivity contribution < 1.29 is 49.6 Å². The molecule has 14 atom stereocenters. The molecule has 0 spiro atoms. The van der Waals surface area contributed by atoms with E-state index in [1.54, 1.807) is 0 Å². The van der Waals surface area contributed by atoms with Gasteiger partial charge in [0.2, 0.25) is 0 Å². The minimum atomic E-state index is -1.46.